The van der Waals surface area contributed by atoms with Crippen molar-refractivity contribution in [3.8, 4) is 0 Å². The molecule has 2 aromatic rings. The number of esters is 1. The highest BCUT2D eigenvalue weighted by molar-refractivity contribution is 5.95. The molecule has 0 heterocycles. The molecule has 1 N–H and O–H groups in total. The number of ether oxygens (including phenoxy) is 1. The van der Waals surface area contributed by atoms with E-state index < -0.39 is 23.8 Å². The lowest BCUT2D eigenvalue weighted by Gasteiger charge is -2.15. The quantitative estimate of drug-likeness (QED) is 0.854. The molecule has 0 aromatic heterocycles. The molecule has 0 bridgehead atoms. The maximum Gasteiger partial charge on any atom is 0.311 e. The van der Waals surface area contributed by atoms with E-state index in [-0.39, 0.29) is 12.0 Å². The summed E-state index contributed by atoms with van der Waals surface area (Å²) in [5, 5.41) is 2.74. The van der Waals surface area contributed by atoms with Gasteiger partial charge in [-0.25, -0.2) is 4.39 Å². The van der Waals surface area contributed by atoms with Gasteiger partial charge in [-0.3, -0.25) is 9.59 Å². The van der Waals surface area contributed by atoms with Crippen LogP contribution in [-0.4, -0.2) is 18.0 Å². The van der Waals surface area contributed by atoms with E-state index in [9.17, 15) is 14.0 Å². The molecule has 0 unspecified atom stereocenters. The van der Waals surface area contributed by atoms with Crippen LogP contribution in [0, 0.1) is 19.7 Å². The Morgan fingerprint density at radius 2 is 1.88 bits per heavy atom. The molecule has 0 aliphatic carbocycles. The fourth-order valence-electron chi connectivity index (χ4n) is 2.19. The molecule has 0 saturated carbocycles. The van der Waals surface area contributed by atoms with Gasteiger partial charge < -0.3 is 10.1 Å². The first-order valence-corrected chi connectivity index (χ1v) is 7.68. The van der Waals surface area contributed by atoms with Crippen molar-refractivity contribution >= 4 is 17.6 Å². The van der Waals surface area contributed by atoms with Gasteiger partial charge in [-0.15, -0.1) is 0 Å². The van der Waals surface area contributed by atoms with Crippen LogP contribution in [0.25, 0.3) is 0 Å². The molecule has 2 aromatic carbocycles. The Morgan fingerprint density at radius 1 is 1.17 bits per heavy atom. The topological polar surface area (TPSA) is 55.4 Å². The summed E-state index contributed by atoms with van der Waals surface area (Å²) >= 11 is 0. The smallest absolute Gasteiger partial charge is 0.311 e. The fourth-order valence-corrected chi connectivity index (χ4v) is 2.19. The molecule has 24 heavy (non-hydrogen) atoms. The molecule has 4 nitrogen and oxygen atoms in total. The van der Waals surface area contributed by atoms with Crippen LogP contribution in [0.4, 0.5) is 10.1 Å². The number of carbonyl (C=O) groups is 2. The second kappa shape index (κ2) is 7.73. The number of amides is 1. The largest absolute Gasteiger partial charge is 0.452 e. The highest BCUT2D eigenvalue weighted by atomic mass is 19.1. The number of hydrogen-bond acceptors (Lipinski definition) is 3. The van der Waals surface area contributed by atoms with Crippen LogP contribution in [0.3, 0.4) is 0 Å². The van der Waals surface area contributed by atoms with Crippen LogP contribution in [0.15, 0.2) is 42.5 Å². The Hall–Kier alpha value is -2.69. The van der Waals surface area contributed by atoms with Gasteiger partial charge in [0.15, 0.2) is 6.10 Å². The summed E-state index contributed by atoms with van der Waals surface area (Å²) in [5.41, 5.74) is 2.85. The first-order valence-electron chi connectivity index (χ1n) is 7.68. The third-order valence-electron chi connectivity index (χ3n) is 3.62. The standard InChI is InChI=1S/C19H20FNO3/c1-12-8-9-13(2)17(10-12)21-19(23)14(3)24-18(22)11-15-6-4-5-7-16(15)20/h4-10,14H,11H2,1-3H3,(H,21,23)/t14-/m1/s1. The molecule has 1 amide bonds. The third-order valence-corrected chi connectivity index (χ3v) is 3.62. The van der Waals surface area contributed by atoms with E-state index in [0.29, 0.717) is 5.69 Å². The molecule has 5 heteroatoms. The fraction of sp³-hybridized carbons (Fsp3) is 0.263. The molecule has 2 rings (SSSR count). The number of anilines is 1. The van der Waals surface area contributed by atoms with Crippen molar-refractivity contribution in [1.29, 1.82) is 0 Å². The van der Waals surface area contributed by atoms with E-state index in [0.717, 1.165) is 11.1 Å². The van der Waals surface area contributed by atoms with Gasteiger partial charge in [0.2, 0.25) is 0 Å². The highest BCUT2D eigenvalue weighted by Gasteiger charge is 2.19. The average molecular weight is 329 g/mol. The predicted octanol–water partition coefficient (Wildman–Crippen LogP) is 3.56. The Labute approximate surface area is 140 Å². The van der Waals surface area contributed by atoms with Crippen LogP contribution in [0.2, 0.25) is 0 Å². The summed E-state index contributed by atoms with van der Waals surface area (Å²) in [6.45, 7) is 5.29. The summed E-state index contributed by atoms with van der Waals surface area (Å²) in [5.74, 6) is -1.55. The van der Waals surface area contributed by atoms with Crippen molar-refractivity contribution in [2.75, 3.05) is 5.32 Å². The van der Waals surface area contributed by atoms with Crippen LogP contribution in [0.5, 0.6) is 0 Å². The van der Waals surface area contributed by atoms with E-state index in [1.807, 2.05) is 32.0 Å². The van der Waals surface area contributed by atoms with E-state index in [1.165, 1.54) is 19.1 Å². The molecule has 0 aliphatic rings. The summed E-state index contributed by atoms with van der Waals surface area (Å²) < 4.78 is 18.6. The van der Waals surface area contributed by atoms with Crippen LogP contribution in [-0.2, 0) is 20.7 Å². The van der Waals surface area contributed by atoms with Crippen LogP contribution in [0.1, 0.15) is 23.6 Å². The zero-order valence-electron chi connectivity index (χ0n) is 13.9. The van der Waals surface area contributed by atoms with Gasteiger partial charge in [0, 0.05) is 5.69 Å². The van der Waals surface area contributed by atoms with Crippen molar-refractivity contribution in [3.05, 3.63) is 65.0 Å². The van der Waals surface area contributed by atoms with Crippen molar-refractivity contribution in [3.63, 3.8) is 0 Å². The SMILES string of the molecule is Cc1ccc(C)c(NC(=O)[C@@H](C)OC(=O)Cc2ccccc2F)c1. The Balaban J connectivity index is 1.95. The molecule has 0 fully saturated rings. The molecule has 0 aliphatic heterocycles. The molecule has 126 valence electrons. The van der Waals surface area contributed by atoms with Crippen molar-refractivity contribution in [2.24, 2.45) is 0 Å². The number of halogens is 1. The van der Waals surface area contributed by atoms with E-state index in [4.69, 9.17) is 4.74 Å². The molecular weight excluding hydrogens is 309 g/mol. The average Bonchev–Trinajstić information content (AvgIpc) is 2.53. The van der Waals surface area contributed by atoms with Gasteiger partial charge in [0.05, 0.1) is 6.42 Å². The second-order valence-corrected chi connectivity index (χ2v) is 5.71. The summed E-state index contributed by atoms with van der Waals surface area (Å²) in [7, 11) is 0. The Kier molecular flexibility index (Phi) is 5.68. The predicted molar refractivity (Wildman–Crippen MR) is 90.2 cm³/mol. The number of nitrogens with one attached hydrogen (secondary N) is 1. The van der Waals surface area contributed by atoms with E-state index >= 15 is 0 Å². The van der Waals surface area contributed by atoms with Gasteiger partial charge in [-0.05, 0) is 49.6 Å². The van der Waals surface area contributed by atoms with Gasteiger partial charge in [-0.1, -0.05) is 30.3 Å². The zero-order chi connectivity index (χ0) is 17.7. The lowest BCUT2D eigenvalue weighted by Crippen LogP contribution is -2.30. The van der Waals surface area contributed by atoms with Gasteiger partial charge in [0.25, 0.3) is 5.91 Å². The number of aryl methyl sites for hydroxylation is 2. The number of hydrogen-bond donors (Lipinski definition) is 1. The van der Waals surface area contributed by atoms with Crippen molar-refractivity contribution in [2.45, 2.75) is 33.3 Å². The second-order valence-electron chi connectivity index (χ2n) is 5.71. The summed E-state index contributed by atoms with van der Waals surface area (Å²) in [6, 6.07) is 11.7. The number of rotatable bonds is 5. The van der Waals surface area contributed by atoms with E-state index in [1.54, 1.807) is 12.1 Å². The van der Waals surface area contributed by atoms with Crippen molar-refractivity contribution < 1.29 is 18.7 Å². The van der Waals surface area contributed by atoms with Crippen LogP contribution >= 0.6 is 0 Å². The maximum absolute atomic E-state index is 13.5. The third kappa shape index (κ3) is 4.65. The summed E-state index contributed by atoms with van der Waals surface area (Å²) in [6.07, 6.45) is -1.18. The minimum atomic E-state index is -0.968. The van der Waals surface area contributed by atoms with Gasteiger partial charge in [-0.2, -0.15) is 0 Å². The molecule has 1 atom stereocenters. The van der Waals surface area contributed by atoms with Crippen LogP contribution < -0.4 is 5.32 Å². The Bertz CT molecular complexity index is 758. The Morgan fingerprint density at radius 3 is 2.58 bits per heavy atom. The van der Waals surface area contributed by atoms with Gasteiger partial charge >= 0.3 is 5.97 Å². The number of benzene rings is 2. The lowest BCUT2D eigenvalue weighted by atomic mass is 10.1. The normalized spacial score (nSPS) is 11.7. The molecule has 0 radical (unpaired) electrons. The minimum Gasteiger partial charge on any atom is -0.452 e. The monoisotopic (exact) mass is 329 g/mol. The first kappa shape index (κ1) is 17.7. The van der Waals surface area contributed by atoms with Crippen molar-refractivity contribution in [1.82, 2.24) is 0 Å². The molecular formula is C19H20FNO3. The number of carbonyl (C=O) groups excluding carboxylic acids is 2. The summed E-state index contributed by atoms with van der Waals surface area (Å²) in [4.78, 5) is 24.1. The molecule has 0 spiro atoms. The minimum absolute atomic E-state index is 0.215. The van der Waals surface area contributed by atoms with E-state index in [2.05, 4.69) is 5.32 Å². The molecule has 0 saturated heterocycles. The van der Waals surface area contributed by atoms with Gasteiger partial charge in [0.1, 0.15) is 5.82 Å². The highest BCUT2D eigenvalue weighted by Crippen LogP contribution is 2.17. The maximum atomic E-state index is 13.5. The zero-order valence-corrected chi connectivity index (χ0v) is 13.9. The first-order chi connectivity index (χ1) is 11.4. The lowest BCUT2D eigenvalue weighted by molar-refractivity contribution is -0.152.